The zero-order valence-corrected chi connectivity index (χ0v) is 25.6. The third-order valence-electron chi connectivity index (χ3n) is 7.33. The van der Waals surface area contributed by atoms with Crippen molar-refractivity contribution in [3.05, 3.63) is 34.7 Å². The standard InChI is InChI=1S/C30H44N6O9/c37-26-5-4-25(29(39)34-26)36-30(40)28-23(22-33-36)2-1-3-24(28)32-9-13-42-15-17-44-19-21-45-20-18-43-16-14-41-12-6-27(38)35-10-7-31-8-11-35/h1-3,22,25,31-32H,4-21H2,(H,34,37,39). The summed E-state index contributed by atoms with van der Waals surface area (Å²) in [5.41, 5.74) is 0.223. The summed E-state index contributed by atoms with van der Waals surface area (Å²) in [6, 6.07) is 4.57. The fourth-order valence-corrected chi connectivity index (χ4v) is 4.96. The Morgan fingerprint density at radius 3 is 2.13 bits per heavy atom. The molecule has 2 aromatic rings. The van der Waals surface area contributed by atoms with Crippen molar-refractivity contribution >= 4 is 34.2 Å². The first kappa shape index (κ1) is 34.4. The van der Waals surface area contributed by atoms with Crippen molar-refractivity contribution in [3.8, 4) is 0 Å². The van der Waals surface area contributed by atoms with Crippen LogP contribution in [0.4, 0.5) is 5.69 Å². The number of ether oxygens (including phenoxy) is 5. The lowest BCUT2D eigenvalue weighted by molar-refractivity contribution is -0.136. The minimum Gasteiger partial charge on any atom is -0.382 e. The van der Waals surface area contributed by atoms with E-state index in [0.29, 0.717) is 95.5 Å². The molecule has 15 heteroatoms. The third kappa shape index (κ3) is 11.1. The SMILES string of the molecule is O=C1CCC(n2ncc3cccc(NCCOCCOCCOCCOCCOCCC(=O)N4CCNCC4)c3c2=O)C(=O)N1. The normalized spacial score (nSPS) is 17.1. The van der Waals surface area contributed by atoms with Gasteiger partial charge in [-0.3, -0.25) is 24.5 Å². The Bertz CT molecular complexity index is 1300. The molecule has 0 aliphatic carbocycles. The molecule has 45 heavy (non-hydrogen) atoms. The van der Waals surface area contributed by atoms with Crippen molar-refractivity contribution in [2.24, 2.45) is 0 Å². The smallest absolute Gasteiger partial charge is 0.277 e. The number of benzene rings is 1. The number of rotatable bonds is 20. The molecule has 1 aromatic heterocycles. The Morgan fingerprint density at radius 2 is 1.49 bits per heavy atom. The molecule has 15 nitrogen and oxygen atoms in total. The number of anilines is 1. The predicted molar refractivity (Wildman–Crippen MR) is 164 cm³/mol. The van der Waals surface area contributed by atoms with Crippen LogP contribution in [0, 0.1) is 0 Å². The van der Waals surface area contributed by atoms with E-state index in [2.05, 4.69) is 21.0 Å². The largest absolute Gasteiger partial charge is 0.382 e. The number of nitrogens with one attached hydrogen (secondary N) is 3. The topological polar surface area (TPSA) is 172 Å². The average molecular weight is 633 g/mol. The van der Waals surface area contributed by atoms with Gasteiger partial charge in [-0.25, -0.2) is 4.68 Å². The zero-order valence-electron chi connectivity index (χ0n) is 25.6. The van der Waals surface area contributed by atoms with Crippen LogP contribution < -0.4 is 21.5 Å². The number of amides is 3. The second kappa shape index (κ2) is 19.1. The summed E-state index contributed by atoms with van der Waals surface area (Å²) in [5, 5.41) is 14.0. The van der Waals surface area contributed by atoms with Gasteiger partial charge in [0, 0.05) is 50.2 Å². The summed E-state index contributed by atoms with van der Waals surface area (Å²) in [6.45, 7) is 7.99. The van der Waals surface area contributed by atoms with Crippen molar-refractivity contribution in [3.63, 3.8) is 0 Å². The van der Waals surface area contributed by atoms with Gasteiger partial charge in [0.05, 0.1) is 84.1 Å². The number of aromatic nitrogens is 2. The van der Waals surface area contributed by atoms with Crippen LogP contribution in [0.2, 0.25) is 0 Å². The summed E-state index contributed by atoms with van der Waals surface area (Å²) < 4.78 is 28.7. The lowest BCUT2D eigenvalue weighted by atomic mass is 10.1. The Labute approximate surface area is 261 Å². The summed E-state index contributed by atoms with van der Waals surface area (Å²) in [5.74, 6) is -0.735. The monoisotopic (exact) mass is 632 g/mol. The van der Waals surface area contributed by atoms with E-state index in [1.165, 1.54) is 0 Å². The molecular formula is C30H44N6O9. The molecule has 2 fully saturated rings. The lowest BCUT2D eigenvalue weighted by Crippen LogP contribution is -2.46. The van der Waals surface area contributed by atoms with Gasteiger partial charge in [-0.1, -0.05) is 12.1 Å². The molecule has 0 saturated carbocycles. The molecule has 2 saturated heterocycles. The molecule has 0 bridgehead atoms. The molecule has 1 atom stereocenters. The summed E-state index contributed by atoms with van der Waals surface area (Å²) >= 11 is 0. The van der Waals surface area contributed by atoms with Crippen LogP contribution in [-0.4, -0.2) is 131 Å². The molecule has 248 valence electrons. The van der Waals surface area contributed by atoms with Crippen LogP contribution in [0.25, 0.3) is 10.8 Å². The molecular weight excluding hydrogens is 588 g/mol. The first-order valence-corrected chi connectivity index (χ1v) is 15.5. The van der Waals surface area contributed by atoms with E-state index in [1.807, 2.05) is 11.0 Å². The van der Waals surface area contributed by atoms with Crippen molar-refractivity contribution < 1.29 is 38.1 Å². The van der Waals surface area contributed by atoms with Crippen molar-refractivity contribution in [1.82, 2.24) is 25.3 Å². The highest BCUT2D eigenvalue weighted by Crippen LogP contribution is 2.21. The van der Waals surface area contributed by atoms with E-state index in [0.717, 1.165) is 30.9 Å². The second-order valence-electron chi connectivity index (χ2n) is 10.5. The van der Waals surface area contributed by atoms with Crippen LogP contribution in [0.15, 0.2) is 29.2 Å². The lowest BCUT2D eigenvalue weighted by Gasteiger charge is -2.27. The summed E-state index contributed by atoms with van der Waals surface area (Å²) in [6.07, 6.45) is 2.34. The Balaban J connectivity index is 0.982. The Hall–Kier alpha value is -3.47. The van der Waals surface area contributed by atoms with E-state index in [1.54, 1.807) is 18.3 Å². The second-order valence-corrected chi connectivity index (χ2v) is 10.5. The molecule has 1 unspecified atom stereocenters. The number of nitrogens with zero attached hydrogens (tertiary/aromatic N) is 3. The fraction of sp³-hybridized carbons (Fsp3) is 0.633. The molecule has 4 rings (SSSR count). The van der Waals surface area contributed by atoms with Gasteiger partial charge in [-0.2, -0.15) is 5.10 Å². The first-order valence-electron chi connectivity index (χ1n) is 15.5. The maximum Gasteiger partial charge on any atom is 0.277 e. The fourth-order valence-electron chi connectivity index (χ4n) is 4.96. The Kier molecular flexibility index (Phi) is 14.6. The number of fused-ring (bicyclic) bond motifs is 1. The number of carbonyl (C=O) groups is 3. The number of piperidine rings is 1. The number of piperazine rings is 1. The predicted octanol–water partition coefficient (Wildman–Crippen LogP) is -0.309. The first-order chi connectivity index (χ1) is 22.0. The van der Waals surface area contributed by atoms with E-state index in [4.69, 9.17) is 23.7 Å². The molecule has 0 spiro atoms. The minimum absolute atomic E-state index is 0.135. The van der Waals surface area contributed by atoms with Crippen molar-refractivity contribution in [2.45, 2.75) is 25.3 Å². The van der Waals surface area contributed by atoms with E-state index in [-0.39, 0.29) is 24.7 Å². The number of imide groups is 1. The highest BCUT2D eigenvalue weighted by molar-refractivity contribution is 5.99. The average Bonchev–Trinajstić information content (AvgIpc) is 3.05. The molecule has 3 N–H and O–H groups in total. The van der Waals surface area contributed by atoms with Crippen LogP contribution in [0.1, 0.15) is 25.3 Å². The third-order valence-corrected chi connectivity index (χ3v) is 7.33. The highest BCUT2D eigenvalue weighted by atomic mass is 16.6. The quantitative estimate of drug-likeness (QED) is 0.129. The number of hydrogen-bond donors (Lipinski definition) is 3. The van der Waals surface area contributed by atoms with Crippen molar-refractivity contribution in [2.75, 3.05) is 104 Å². The van der Waals surface area contributed by atoms with Gasteiger partial charge in [0.1, 0.15) is 6.04 Å². The van der Waals surface area contributed by atoms with Gasteiger partial charge in [0.15, 0.2) is 0 Å². The number of hydrogen-bond acceptors (Lipinski definition) is 12. The highest BCUT2D eigenvalue weighted by Gasteiger charge is 2.30. The zero-order chi connectivity index (χ0) is 31.7. The molecule has 1 aromatic carbocycles. The van der Waals surface area contributed by atoms with Crippen LogP contribution in [0.5, 0.6) is 0 Å². The van der Waals surface area contributed by atoms with Crippen molar-refractivity contribution in [1.29, 1.82) is 0 Å². The van der Waals surface area contributed by atoms with E-state index < -0.39 is 17.5 Å². The molecule has 3 amide bonds. The van der Waals surface area contributed by atoms with Gasteiger partial charge in [-0.05, 0) is 12.5 Å². The van der Waals surface area contributed by atoms with Crippen LogP contribution >= 0.6 is 0 Å². The van der Waals surface area contributed by atoms with E-state index in [9.17, 15) is 19.2 Å². The van der Waals surface area contributed by atoms with Crippen LogP contribution in [-0.2, 0) is 38.1 Å². The van der Waals surface area contributed by atoms with Crippen LogP contribution in [0.3, 0.4) is 0 Å². The van der Waals surface area contributed by atoms with E-state index >= 15 is 0 Å². The number of carbonyl (C=O) groups excluding carboxylic acids is 3. The maximum absolute atomic E-state index is 13.2. The summed E-state index contributed by atoms with van der Waals surface area (Å²) in [7, 11) is 0. The molecule has 2 aliphatic heterocycles. The maximum atomic E-state index is 13.2. The molecule has 2 aliphatic rings. The molecule has 3 heterocycles. The van der Waals surface area contributed by atoms with Gasteiger partial charge in [-0.15, -0.1) is 0 Å². The minimum atomic E-state index is -0.822. The van der Waals surface area contributed by atoms with Gasteiger partial charge in [0.25, 0.3) is 11.5 Å². The molecule has 0 radical (unpaired) electrons. The summed E-state index contributed by atoms with van der Waals surface area (Å²) in [4.78, 5) is 50.9. The van der Waals surface area contributed by atoms with Gasteiger partial charge >= 0.3 is 0 Å². The van der Waals surface area contributed by atoms with Gasteiger partial charge < -0.3 is 39.2 Å². The van der Waals surface area contributed by atoms with Gasteiger partial charge in [0.2, 0.25) is 11.8 Å². The Morgan fingerprint density at radius 1 is 0.867 bits per heavy atom.